The predicted molar refractivity (Wildman–Crippen MR) is 79.3 cm³/mol. The number of hydrogen-bond acceptors (Lipinski definition) is 3. The number of carboxylic acids is 1. The van der Waals surface area contributed by atoms with Crippen molar-refractivity contribution in [1.29, 1.82) is 0 Å². The van der Waals surface area contributed by atoms with Crippen LogP contribution in [0.5, 0.6) is 5.75 Å². The first-order valence-corrected chi connectivity index (χ1v) is 7.32. The molecule has 0 amide bonds. The SMILES string of the molecule is CC(C)(C)C(=O)Oc1cccc2c1CCC(CC(=O)O)C2. The first-order chi connectivity index (χ1) is 9.77. The third-order valence-electron chi connectivity index (χ3n) is 3.82. The lowest BCUT2D eigenvalue weighted by Crippen LogP contribution is -2.26. The number of fused-ring (bicyclic) bond motifs is 1. The minimum Gasteiger partial charge on any atom is -0.481 e. The molecule has 1 aliphatic carbocycles. The van der Waals surface area contributed by atoms with Crippen LogP contribution in [0.1, 0.15) is 44.7 Å². The average molecular weight is 290 g/mol. The molecule has 1 aromatic carbocycles. The minimum atomic E-state index is -0.751. The van der Waals surface area contributed by atoms with E-state index in [-0.39, 0.29) is 18.3 Å². The summed E-state index contributed by atoms with van der Waals surface area (Å²) in [6.45, 7) is 5.48. The van der Waals surface area contributed by atoms with Gasteiger partial charge in [-0.1, -0.05) is 12.1 Å². The van der Waals surface area contributed by atoms with Crippen LogP contribution < -0.4 is 4.74 Å². The molecule has 0 heterocycles. The van der Waals surface area contributed by atoms with Crippen molar-refractivity contribution in [2.75, 3.05) is 0 Å². The van der Waals surface area contributed by atoms with Crippen molar-refractivity contribution in [3.63, 3.8) is 0 Å². The Balaban J connectivity index is 2.17. The molecule has 1 unspecified atom stereocenters. The molecular weight excluding hydrogens is 268 g/mol. The third-order valence-corrected chi connectivity index (χ3v) is 3.82. The highest BCUT2D eigenvalue weighted by Gasteiger charge is 2.27. The maximum absolute atomic E-state index is 12.0. The Labute approximate surface area is 125 Å². The van der Waals surface area contributed by atoms with Crippen LogP contribution >= 0.6 is 0 Å². The molecule has 0 radical (unpaired) electrons. The van der Waals surface area contributed by atoms with Gasteiger partial charge in [-0.15, -0.1) is 0 Å². The first-order valence-electron chi connectivity index (χ1n) is 7.32. The summed E-state index contributed by atoms with van der Waals surface area (Å²) in [5.41, 5.74) is 1.62. The first kappa shape index (κ1) is 15.5. The quantitative estimate of drug-likeness (QED) is 0.686. The van der Waals surface area contributed by atoms with Crippen LogP contribution in [0.2, 0.25) is 0 Å². The summed E-state index contributed by atoms with van der Waals surface area (Å²) in [6, 6.07) is 5.69. The summed E-state index contributed by atoms with van der Waals surface area (Å²) in [7, 11) is 0. The van der Waals surface area contributed by atoms with E-state index >= 15 is 0 Å². The zero-order valence-electron chi connectivity index (χ0n) is 12.8. The van der Waals surface area contributed by atoms with Crippen LogP contribution in [0, 0.1) is 11.3 Å². The van der Waals surface area contributed by atoms with E-state index in [0.717, 1.165) is 30.4 Å². The maximum Gasteiger partial charge on any atom is 0.316 e. The molecule has 114 valence electrons. The van der Waals surface area contributed by atoms with Crippen molar-refractivity contribution in [1.82, 2.24) is 0 Å². The number of hydrogen-bond donors (Lipinski definition) is 1. The van der Waals surface area contributed by atoms with Gasteiger partial charge in [-0.3, -0.25) is 9.59 Å². The molecule has 1 N–H and O–H groups in total. The molecule has 1 atom stereocenters. The number of carbonyl (C=O) groups excluding carboxylic acids is 1. The van der Waals surface area contributed by atoms with Gasteiger partial charge in [-0.2, -0.15) is 0 Å². The molecule has 4 heteroatoms. The monoisotopic (exact) mass is 290 g/mol. The number of ether oxygens (including phenoxy) is 1. The standard InChI is InChI=1S/C17H22O4/c1-17(2,3)16(20)21-14-6-4-5-12-9-11(10-15(18)19)7-8-13(12)14/h4-6,11H,7-10H2,1-3H3,(H,18,19). The molecule has 2 rings (SSSR count). The number of benzene rings is 1. The van der Waals surface area contributed by atoms with E-state index in [1.807, 2.05) is 39.0 Å². The van der Waals surface area contributed by atoms with Crippen LogP contribution in [-0.4, -0.2) is 17.0 Å². The zero-order valence-corrected chi connectivity index (χ0v) is 12.8. The van der Waals surface area contributed by atoms with Gasteiger partial charge in [0.25, 0.3) is 0 Å². The van der Waals surface area contributed by atoms with E-state index in [9.17, 15) is 9.59 Å². The average Bonchev–Trinajstić information content (AvgIpc) is 2.36. The maximum atomic E-state index is 12.0. The normalized spacial score (nSPS) is 18.0. The van der Waals surface area contributed by atoms with E-state index in [2.05, 4.69) is 0 Å². The van der Waals surface area contributed by atoms with Gasteiger partial charge in [0.15, 0.2) is 0 Å². The molecule has 0 aromatic heterocycles. The Bertz CT molecular complexity index is 554. The second-order valence-electron chi connectivity index (χ2n) is 6.74. The van der Waals surface area contributed by atoms with Gasteiger partial charge in [0.05, 0.1) is 5.41 Å². The molecule has 1 aromatic rings. The fraction of sp³-hybridized carbons (Fsp3) is 0.529. The fourth-order valence-electron chi connectivity index (χ4n) is 2.62. The summed E-state index contributed by atoms with van der Waals surface area (Å²) < 4.78 is 5.54. The number of aliphatic carboxylic acids is 1. The van der Waals surface area contributed by atoms with Gasteiger partial charge >= 0.3 is 11.9 Å². The van der Waals surface area contributed by atoms with Gasteiger partial charge < -0.3 is 9.84 Å². The molecule has 0 fully saturated rings. The van der Waals surface area contributed by atoms with E-state index in [1.165, 1.54) is 0 Å². The molecule has 4 nitrogen and oxygen atoms in total. The summed E-state index contributed by atoms with van der Waals surface area (Å²) in [4.78, 5) is 22.9. The van der Waals surface area contributed by atoms with Gasteiger partial charge in [-0.25, -0.2) is 0 Å². The molecule has 0 bridgehead atoms. The van der Waals surface area contributed by atoms with Crippen molar-refractivity contribution >= 4 is 11.9 Å². The van der Waals surface area contributed by atoms with E-state index < -0.39 is 11.4 Å². The third kappa shape index (κ3) is 3.84. The Kier molecular flexibility index (Phi) is 4.35. The molecule has 1 aliphatic rings. The van der Waals surface area contributed by atoms with Crippen LogP contribution in [0.25, 0.3) is 0 Å². The van der Waals surface area contributed by atoms with Crippen LogP contribution in [-0.2, 0) is 22.4 Å². The molecule has 0 aliphatic heterocycles. The van der Waals surface area contributed by atoms with E-state index in [1.54, 1.807) is 0 Å². The lowest BCUT2D eigenvalue weighted by Gasteiger charge is -2.26. The number of esters is 1. The van der Waals surface area contributed by atoms with Crippen molar-refractivity contribution in [3.8, 4) is 5.75 Å². The largest absolute Gasteiger partial charge is 0.481 e. The fourth-order valence-corrected chi connectivity index (χ4v) is 2.62. The van der Waals surface area contributed by atoms with Gasteiger partial charge in [0.1, 0.15) is 5.75 Å². The van der Waals surface area contributed by atoms with Crippen molar-refractivity contribution in [3.05, 3.63) is 29.3 Å². The molecule has 21 heavy (non-hydrogen) atoms. The summed E-state index contributed by atoms with van der Waals surface area (Å²) in [5.74, 6) is -0.202. The Morgan fingerprint density at radius 2 is 2.05 bits per heavy atom. The highest BCUT2D eigenvalue weighted by molar-refractivity contribution is 5.78. The highest BCUT2D eigenvalue weighted by Crippen LogP contribution is 2.34. The highest BCUT2D eigenvalue weighted by atomic mass is 16.5. The summed E-state index contributed by atoms with van der Waals surface area (Å²) in [6.07, 6.45) is 2.53. The number of carboxylic acid groups (broad SMARTS) is 1. The predicted octanol–water partition coefficient (Wildman–Crippen LogP) is 3.22. The Morgan fingerprint density at radius 3 is 2.67 bits per heavy atom. The molecular formula is C17H22O4. The topological polar surface area (TPSA) is 63.6 Å². The zero-order chi connectivity index (χ0) is 15.6. The Hall–Kier alpha value is -1.84. The van der Waals surface area contributed by atoms with Crippen molar-refractivity contribution in [2.45, 2.75) is 46.5 Å². The molecule has 0 saturated heterocycles. The van der Waals surface area contributed by atoms with E-state index in [0.29, 0.717) is 5.75 Å². The van der Waals surface area contributed by atoms with Crippen LogP contribution in [0.4, 0.5) is 0 Å². The lowest BCUT2D eigenvalue weighted by molar-refractivity contribution is -0.143. The summed E-state index contributed by atoms with van der Waals surface area (Å²) >= 11 is 0. The second-order valence-corrected chi connectivity index (χ2v) is 6.74. The molecule has 0 spiro atoms. The van der Waals surface area contributed by atoms with Crippen molar-refractivity contribution < 1.29 is 19.4 Å². The molecule has 0 saturated carbocycles. The number of rotatable bonds is 3. The van der Waals surface area contributed by atoms with Gasteiger partial charge in [0.2, 0.25) is 0 Å². The lowest BCUT2D eigenvalue weighted by atomic mass is 9.82. The van der Waals surface area contributed by atoms with E-state index in [4.69, 9.17) is 9.84 Å². The number of carbonyl (C=O) groups is 2. The van der Waals surface area contributed by atoms with Gasteiger partial charge in [-0.05, 0) is 63.1 Å². The van der Waals surface area contributed by atoms with Crippen molar-refractivity contribution in [2.24, 2.45) is 11.3 Å². The van der Waals surface area contributed by atoms with Crippen LogP contribution in [0.3, 0.4) is 0 Å². The second kappa shape index (κ2) is 5.88. The summed E-state index contributed by atoms with van der Waals surface area (Å²) in [5, 5.41) is 8.91. The smallest absolute Gasteiger partial charge is 0.316 e. The minimum absolute atomic E-state index is 0.170. The Morgan fingerprint density at radius 1 is 1.33 bits per heavy atom. The van der Waals surface area contributed by atoms with Crippen LogP contribution in [0.15, 0.2) is 18.2 Å². The van der Waals surface area contributed by atoms with Gasteiger partial charge in [0, 0.05) is 6.42 Å².